The van der Waals surface area contributed by atoms with E-state index in [1.54, 1.807) is 18.3 Å². The van der Waals surface area contributed by atoms with Crippen molar-refractivity contribution >= 4 is 18.2 Å². The smallest absolute Gasteiger partial charge is 0.175 e. The lowest BCUT2D eigenvalue weighted by Crippen LogP contribution is -1.89. The van der Waals surface area contributed by atoms with Crippen LogP contribution in [-0.2, 0) is 0 Å². The second-order valence-corrected chi connectivity index (χ2v) is 1.64. The van der Waals surface area contributed by atoms with Crippen LogP contribution in [0.25, 0.3) is 0 Å². The van der Waals surface area contributed by atoms with Gasteiger partial charge < -0.3 is 4.98 Å². The van der Waals surface area contributed by atoms with Crippen molar-refractivity contribution in [1.29, 1.82) is 0 Å². The molecule has 0 unspecified atom stereocenters. The molecule has 0 aliphatic rings. The van der Waals surface area contributed by atoms with Crippen molar-refractivity contribution in [2.75, 3.05) is 0 Å². The predicted molar refractivity (Wildman–Crippen MR) is 38.0 cm³/mol. The zero-order valence-electron chi connectivity index (χ0n) is 5.05. The summed E-state index contributed by atoms with van der Waals surface area (Å²) in [6.45, 7) is 1.53. The molecule has 1 rings (SSSR count). The first kappa shape index (κ1) is 8.24. The number of H-pyrrole nitrogens is 1. The number of ketones is 1. The Labute approximate surface area is 59.7 Å². The van der Waals surface area contributed by atoms with Crippen molar-refractivity contribution in [3.63, 3.8) is 0 Å². The third-order valence-corrected chi connectivity index (χ3v) is 0.977. The van der Waals surface area contributed by atoms with Crippen LogP contribution >= 0.6 is 12.4 Å². The number of halogens is 1. The Kier molecular flexibility index (Phi) is 3.02. The van der Waals surface area contributed by atoms with E-state index in [2.05, 4.69) is 4.98 Å². The summed E-state index contributed by atoms with van der Waals surface area (Å²) in [6.07, 6.45) is 1.73. The Hall–Kier alpha value is -0.760. The van der Waals surface area contributed by atoms with Gasteiger partial charge in [0.25, 0.3) is 0 Å². The minimum atomic E-state index is 0. The summed E-state index contributed by atoms with van der Waals surface area (Å²) < 4.78 is 0. The number of hydrogen-bond acceptors (Lipinski definition) is 1. The first-order valence-electron chi connectivity index (χ1n) is 2.45. The van der Waals surface area contributed by atoms with E-state index in [1.807, 2.05) is 0 Å². The molecule has 0 saturated carbocycles. The number of nitrogens with one attached hydrogen (secondary N) is 1. The molecule has 0 aromatic carbocycles. The zero-order valence-corrected chi connectivity index (χ0v) is 5.87. The summed E-state index contributed by atoms with van der Waals surface area (Å²) in [5.74, 6) is 0.0787. The Bertz CT molecular complexity index is 181. The molecule has 1 N–H and O–H groups in total. The summed E-state index contributed by atoms with van der Waals surface area (Å²) in [7, 11) is 0. The quantitative estimate of drug-likeness (QED) is 0.599. The molecule has 0 spiro atoms. The number of rotatable bonds is 1. The van der Waals surface area contributed by atoms with E-state index >= 15 is 0 Å². The zero-order chi connectivity index (χ0) is 5.98. The van der Waals surface area contributed by atoms with Gasteiger partial charge in [-0.3, -0.25) is 4.79 Å². The van der Waals surface area contributed by atoms with Crippen molar-refractivity contribution in [3.05, 3.63) is 24.0 Å². The molecule has 1 aromatic heterocycles. The van der Waals surface area contributed by atoms with Gasteiger partial charge in [0, 0.05) is 13.1 Å². The average molecular weight is 146 g/mol. The van der Waals surface area contributed by atoms with Crippen LogP contribution in [0.3, 0.4) is 0 Å². The van der Waals surface area contributed by atoms with Crippen molar-refractivity contribution in [1.82, 2.24) is 4.98 Å². The van der Waals surface area contributed by atoms with Crippen molar-refractivity contribution < 1.29 is 4.79 Å². The number of hydrogen-bond donors (Lipinski definition) is 1. The van der Waals surface area contributed by atoms with Gasteiger partial charge in [0.1, 0.15) is 0 Å². The van der Waals surface area contributed by atoms with Crippen LogP contribution < -0.4 is 0 Å². The molecule has 50 valence electrons. The molecule has 0 aliphatic heterocycles. The number of aromatic amines is 1. The van der Waals surface area contributed by atoms with Crippen LogP contribution in [0.1, 0.15) is 17.4 Å². The van der Waals surface area contributed by atoms with Gasteiger partial charge in [-0.05, 0) is 12.1 Å². The van der Waals surface area contributed by atoms with Crippen LogP contribution in [0.4, 0.5) is 0 Å². The molecule has 9 heavy (non-hydrogen) atoms. The molecule has 0 saturated heterocycles. The van der Waals surface area contributed by atoms with Gasteiger partial charge in [-0.2, -0.15) is 0 Å². The fraction of sp³-hybridized carbons (Fsp3) is 0.167. The van der Waals surface area contributed by atoms with E-state index in [0.717, 1.165) is 0 Å². The van der Waals surface area contributed by atoms with E-state index in [-0.39, 0.29) is 18.2 Å². The highest BCUT2D eigenvalue weighted by molar-refractivity contribution is 5.92. The monoisotopic (exact) mass is 145 g/mol. The third kappa shape index (κ3) is 1.90. The lowest BCUT2D eigenvalue weighted by atomic mass is 10.3. The summed E-state index contributed by atoms with van der Waals surface area (Å²) in [6, 6.07) is 3.55. The molecule has 0 fully saturated rings. The largest absolute Gasteiger partial charge is 0.359 e. The molecule has 1 aromatic rings. The maximum atomic E-state index is 10.5. The Balaban J connectivity index is 0.000000640. The van der Waals surface area contributed by atoms with Crippen LogP contribution in [0, 0.1) is 0 Å². The van der Waals surface area contributed by atoms with Gasteiger partial charge in [0.2, 0.25) is 0 Å². The Morgan fingerprint density at radius 1 is 1.67 bits per heavy atom. The van der Waals surface area contributed by atoms with Crippen molar-refractivity contribution in [2.45, 2.75) is 6.92 Å². The van der Waals surface area contributed by atoms with E-state index in [1.165, 1.54) is 6.92 Å². The van der Waals surface area contributed by atoms with E-state index < -0.39 is 0 Å². The summed E-state index contributed by atoms with van der Waals surface area (Å²) in [5, 5.41) is 0. The van der Waals surface area contributed by atoms with Crippen LogP contribution in [0.5, 0.6) is 0 Å². The molecular weight excluding hydrogens is 138 g/mol. The minimum absolute atomic E-state index is 0. The lowest BCUT2D eigenvalue weighted by Gasteiger charge is -1.81. The summed E-state index contributed by atoms with van der Waals surface area (Å²) >= 11 is 0. The molecule has 1 heterocycles. The van der Waals surface area contributed by atoms with Gasteiger partial charge in [-0.1, -0.05) is 0 Å². The second kappa shape index (κ2) is 3.30. The summed E-state index contributed by atoms with van der Waals surface area (Å²) in [5.41, 5.74) is 0.671. The van der Waals surface area contributed by atoms with Gasteiger partial charge in [-0.25, -0.2) is 0 Å². The van der Waals surface area contributed by atoms with Crippen LogP contribution in [-0.4, -0.2) is 10.8 Å². The molecular formula is C6H8ClNO. The first-order chi connectivity index (χ1) is 3.80. The molecule has 0 atom stereocenters. The topological polar surface area (TPSA) is 32.9 Å². The molecule has 3 heteroatoms. The Morgan fingerprint density at radius 2 is 2.33 bits per heavy atom. The highest BCUT2D eigenvalue weighted by atomic mass is 35.5. The lowest BCUT2D eigenvalue weighted by molar-refractivity contribution is 0.101. The highest BCUT2D eigenvalue weighted by Gasteiger charge is 1.94. The molecule has 0 bridgehead atoms. The predicted octanol–water partition coefficient (Wildman–Crippen LogP) is 1.64. The van der Waals surface area contributed by atoms with Crippen LogP contribution in [0.2, 0.25) is 0 Å². The molecule has 0 aliphatic carbocycles. The van der Waals surface area contributed by atoms with E-state index in [0.29, 0.717) is 5.69 Å². The molecule has 0 amide bonds. The van der Waals surface area contributed by atoms with Crippen LogP contribution in [0.15, 0.2) is 18.3 Å². The maximum Gasteiger partial charge on any atom is 0.175 e. The Morgan fingerprint density at radius 3 is 2.56 bits per heavy atom. The third-order valence-electron chi connectivity index (χ3n) is 0.977. The van der Waals surface area contributed by atoms with E-state index in [4.69, 9.17) is 0 Å². The van der Waals surface area contributed by atoms with Gasteiger partial charge >= 0.3 is 0 Å². The molecule has 2 nitrogen and oxygen atoms in total. The maximum absolute atomic E-state index is 10.5. The molecule has 0 radical (unpaired) electrons. The first-order valence-corrected chi connectivity index (χ1v) is 2.45. The second-order valence-electron chi connectivity index (χ2n) is 1.64. The van der Waals surface area contributed by atoms with Gasteiger partial charge in [0.15, 0.2) is 5.78 Å². The van der Waals surface area contributed by atoms with Crippen molar-refractivity contribution in [3.8, 4) is 0 Å². The number of carbonyl (C=O) groups excluding carboxylic acids is 1. The standard InChI is InChI=1S/C6H7NO.ClH/c1-5(8)6-3-2-4-7-6;/h2-4,7H,1H3;1H. The highest BCUT2D eigenvalue weighted by Crippen LogP contribution is 1.93. The van der Waals surface area contributed by atoms with Crippen molar-refractivity contribution in [2.24, 2.45) is 0 Å². The van der Waals surface area contributed by atoms with Gasteiger partial charge in [0.05, 0.1) is 5.69 Å². The normalized spacial score (nSPS) is 8.11. The fourth-order valence-electron chi connectivity index (χ4n) is 0.549. The summed E-state index contributed by atoms with van der Waals surface area (Å²) in [4.78, 5) is 13.3. The van der Waals surface area contributed by atoms with Gasteiger partial charge in [-0.15, -0.1) is 12.4 Å². The number of aromatic nitrogens is 1. The SMILES string of the molecule is CC(=O)c1ccc[nH]1.Cl. The number of carbonyl (C=O) groups is 1. The number of Topliss-reactive ketones (excluding diaryl/α,β-unsaturated/α-hetero) is 1. The minimum Gasteiger partial charge on any atom is -0.359 e. The van der Waals surface area contributed by atoms with E-state index in [9.17, 15) is 4.79 Å². The fourth-order valence-corrected chi connectivity index (χ4v) is 0.549. The average Bonchev–Trinajstić information content (AvgIpc) is 2.12.